The van der Waals surface area contributed by atoms with Crippen LogP contribution in [0.3, 0.4) is 0 Å². The van der Waals surface area contributed by atoms with E-state index in [0.29, 0.717) is 4.47 Å². The van der Waals surface area contributed by atoms with Crippen molar-refractivity contribution in [3.8, 4) is 0 Å². The molecule has 0 unspecified atom stereocenters. The van der Waals surface area contributed by atoms with Gasteiger partial charge in [-0.1, -0.05) is 0 Å². The van der Waals surface area contributed by atoms with E-state index in [2.05, 4.69) is 15.9 Å². The Balaban J connectivity index is 3.32. The molecule has 0 atom stereocenters. The second-order valence-electron chi connectivity index (χ2n) is 2.35. The van der Waals surface area contributed by atoms with E-state index in [1.807, 2.05) is 0 Å². The molecule has 0 saturated heterocycles. The lowest BCUT2D eigenvalue weighted by Gasteiger charge is -2.10. The molecule has 13 heavy (non-hydrogen) atoms. The van der Waals surface area contributed by atoms with Gasteiger partial charge in [0.15, 0.2) is 0 Å². The van der Waals surface area contributed by atoms with Crippen molar-refractivity contribution in [3.05, 3.63) is 25.7 Å². The highest BCUT2D eigenvalue weighted by Gasteiger charge is 2.33. The average Bonchev–Trinajstić information content (AvgIpc) is 1.94. The minimum absolute atomic E-state index is 0.0905. The number of rotatable bonds is 0. The second kappa shape index (κ2) is 3.64. The summed E-state index contributed by atoms with van der Waals surface area (Å²) < 4.78 is 37.5. The summed E-state index contributed by atoms with van der Waals surface area (Å²) in [6.45, 7) is 0. The molecule has 0 aromatic heterocycles. The maximum atomic E-state index is 12.3. The molecule has 1 aromatic carbocycles. The molecule has 0 aliphatic heterocycles. The van der Waals surface area contributed by atoms with E-state index in [-0.39, 0.29) is 9.26 Å². The Bertz CT molecular complexity index is 337. The largest absolute Gasteiger partial charge is 0.417 e. The Labute approximate surface area is 94.8 Å². The van der Waals surface area contributed by atoms with Crippen molar-refractivity contribution < 1.29 is 13.2 Å². The van der Waals surface area contributed by atoms with E-state index in [9.17, 15) is 13.2 Å². The Kier molecular flexibility index (Phi) is 3.11. The predicted molar refractivity (Wildman–Crippen MR) is 56.3 cm³/mol. The van der Waals surface area contributed by atoms with Gasteiger partial charge in [0.1, 0.15) is 0 Å². The Morgan fingerprint density at radius 3 is 2.31 bits per heavy atom. The normalized spacial score (nSPS) is 11.8. The smallest absolute Gasteiger partial charge is 0.398 e. The lowest BCUT2D eigenvalue weighted by atomic mass is 10.2. The molecule has 0 heterocycles. The fourth-order valence-corrected chi connectivity index (χ4v) is 2.33. The van der Waals surface area contributed by atoms with Crippen LogP contribution in [0.15, 0.2) is 16.6 Å². The Morgan fingerprint density at radius 1 is 1.31 bits per heavy atom. The minimum atomic E-state index is -4.34. The first kappa shape index (κ1) is 11.1. The fourth-order valence-electron chi connectivity index (χ4n) is 0.783. The van der Waals surface area contributed by atoms with Crippen molar-refractivity contribution in [2.24, 2.45) is 0 Å². The first-order valence-corrected chi connectivity index (χ1v) is 5.01. The van der Waals surface area contributed by atoms with Crippen LogP contribution in [0.2, 0.25) is 0 Å². The van der Waals surface area contributed by atoms with Crippen LogP contribution in [0.25, 0.3) is 0 Å². The Hall–Kier alpha value is 0.0200. The molecule has 0 bridgehead atoms. The minimum Gasteiger partial charge on any atom is -0.398 e. The number of halogens is 5. The summed E-state index contributed by atoms with van der Waals surface area (Å²) in [5.74, 6) is 0. The van der Waals surface area contributed by atoms with Crippen LogP contribution in [0, 0.1) is 3.57 Å². The molecule has 0 spiro atoms. The van der Waals surface area contributed by atoms with Gasteiger partial charge in [0.05, 0.1) is 5.56 Å². The van der Waals surface area contributed by atoms with E-state index in [1.165, 1.54) is 6.07 Å². The van der Waals surface area contributed by atoms with E-state index < -0.39 is 11.7 Å². The topological polar surface area (TPSA) is 26.0 Å². The van der Waals surface area contributed by atoms with E-state index >= 15 is 0 Å². The standard InChI is InChI=1S/C7H4BrF3IN/c8-4-2-5(12)3(1-6(4)13)7(9,10)11/h1-2H,13H2. The maximum absolute atomic E-state index is 12.3. The summed E-state index contributed by atoms with van der Waals surface area (Å²) in [5, 5.41) is 0. The van der Waals surface area contributed by atoms with Crippen LogP contribution in [-0.4, -0.2) is 0 Å². The van der Waals surface area contributed by atoms with Gasteiger partial charge in [0.25, 0.3) is 0 Å². The third-order valence-electron chi connectivity index (χ3n) is 1.39. The quantitative estimate of drug-likeness (QED) is 0.551. The van der Waals surface area contributed by atoms with Crippen molar-refractivity contribution in [1.29, 1.82) is 0 Å². The van der Waals surface area contributed by atoms with Gasteiger partial charge in [-0.05, 0) is 50.7 Å². The molecule has 0 radical (unpaired) electrons. The number of hydrogen-bond acceptors (Lipinski definition) is 1. The highest BCUT2D eigenvalue weighted by molar-refractivity contribution is 14.1. The number of alkyl halides is 3. The van der Waals surface area contributed by atoms with Crippen LogP contribution in [0.5, 0.6) is 0 Å². The van der Waals surface area contributed by atoms with Gasteiger partial charge in [-0.3, -0.25) is 0 Å². The SMILES string of the molecule is Nc1cc(C(F)(F)F)c(I)cc1Br. The van der Waals surface area contributed by atoms with Crippen molar-refractivity contribution in [2.45, 2.75) is 6.18 Å². The van der Waals surface area contributed by atoms with Gasteiger partial charge in [0.2, 0.25) is 0 Å². The summed E-state index contributed by atoms with van der Waals surface area (Å²) in [7, 11) is 0. The van der Waals surface area contributed by atoms with Crippen molar-refractivity contribution in [3.63, 3.8) is 0 Å². The summed E-state index contributed by atoms with van der Waals surface area (Å²) in [6, 6.07) is 2.27. The fraction of sp³-hybridized carbons (Fsp3) is 0.143. The molecule has 0 aliphatic rings. The molecule has 1 rings (SSSR count). The van der Waals surface area contributed by atoms with Crippen molar-refractivity contribution >= 4 is 44.2 Å². The van der Waals surface area contributed by atoms with E-state index in [4.69, 9.17) is 5.73 Å². The van der Waals surface area contributed by atoms with Crippen molar-refractivity contribution in [2.75, 3.05) is 5.73 Å². The van der Waals surface area contributed by atoms with Gasteiger partial charge in [0, 0.05) is 13.7 Å². The Morgan fingerprint density at radius 2 is 1.85 bits per heavy atom. The summed E-state index contributed by atoms with van der Waals surface area (Å²) >= 11 is 4.67. The third kappa shape index (κ3) is 2.49. The first-order valence-electron chi connectivity index (χ1n) is 3.14. The molecular weight excluding hydrogens is 362 g/mol. The molecule has 0 fully saturated rings. The zero-order valence-corrected chi connectivity index (χ0v) is 9.87. The number of nitrogen functional groups attached to an aromatic ring is 1. The van der Waals surface area contributed by atoms with Crippen LogP contribution in [0.1, 0.15) is 5.56 Å². The number of anilines is 1. The van der Waals surface area contributed by atoms with E-state index in [1.54, 1.807) is 22.6 Å². The van der Waals surface area contributed by atoms with Crippen LogP contribution in [0.4, 0.5) is 18.9 Å². The maximum Gasteiger partial charge on any atom is 0.417 e. The number of nitrogens with two attached hydrogens (primary N) is 1. The highest BCUT2D eigenvalue weighted by atomic mass is 127. The predicted octanol–water partition coefficient (Wildman–Crippen LogP) is 3.65. The monoisotopic (exact) mass is 365 g/mol. The highest BCUT2D eigenvalue weighted by Crippen LogP contribution is 2.36. The molecule has 0 amide bonds. The molecule has 1 nitrogen and oxygen atoms in total. The van der Waals surface area contributed by atoms with Gasteiger partial charge in [-0.2, -0.15) is 13.2 Å². The lowest BCUT2D eigenvalue weighted by Crippen LogP contribution is -2.08. The zero-order valence-electron chi connectivity index (χ0n) is 6.12. The first-order chi connectivity index (χ1) is 5.82. The number of hydrogen-bond donors (Lipinski definition) is 1. The zero-order chi connectivity index (χ0) is 10.2. The van der Waals surface area contributed by atoms with Gasteiger partial charge in [-0.25, -0.2) is 0 Å². The van der Waals surface area contributed by atoms with Gasteiger partial charge >= 0.3 is 6.18 Å². The van der Waals surface area contributed by atoms with Gasteiger partial charge < -0.3 is 5.73 Å². The van der Waals surface area contributed by atoms with Crippen LogP contribution >= 0.6 is 38.5 Å². The van der Waals surface area contributed by atoms with Crippen LogP contribution in [-0.2, 0) is 6.18 Å². The summed E-state index contributed by atoms with van der Waals surface area (Å²) in [6.07, 6.45) is -4.34. The van der Waals surface area contributed by atoms with Gasteiger partial charge in [-0.15, -0.1) is 0 Å². The second-order valence-corrected chi connectivity index (χ2v) is 4.37. The summed E-state index contributed by atoms with van der Waals surface area (Å²) in [5.41, 5.74) is 4.73. The molecular formula is C7H4BrF3IN. The molecule has 0 aliphatic carbocycles. The molecule has 72 valence electrons. The van der Waals surface area contributed by atoms with Crippen LogP contribution < -0.4 is 5.73 Å². The lowest BCUT2D eigenvalue weighted by molar-refractivity contribution is -0.138. The van der Waals surface area contributed by atoms with E-state index in [0.717, 1.165) is 6.07 Å². The molecule has 6 heteroatoms. The molecule has 2 N–H and O–H groups in total. The summed E-state index contributed by atoms with van der Waals surface area (Å²) in [4.78, 5) is 0. The van der Waals surface area contributed by atoms with Crippen molar-refractivity contribution in [1.82, 2.24) is 0 Å². The average molecular weight is 366 g/mol. The molecule has 1 aromatic rings. The number of benzene rings is 1. The third-order valence-corrected chi connectivity index (χ3v) is 2.97. The molecule has 0 saturated carbocycles.